The Hall–Kier alpha value is -2.46. The molecule has 1 atom stereocenters. The number of aliphatic carboxylic acids is 1. The topological polar surface area (TPSA) is 83.5 Å². The number of halogens is 4. The van der Waals surface area contributed by atoms with Gasteiger partial charge < -0.3 is 5.11 Å². The summed E-state index contributed by atoms with van der Waals surface area (Å²) in [5, 5.41) is 8.95. The van der Waals surface area contributed by atoms with Crippen LogP contribution in [0.1, 0.15) is 23.6 Å². The summed E-state index contributed by atoms with van der Waals surface area (Å²) in [6.07, 6.45) is -5.38. The van der Waals surface area contributed by atoms with Gasteiger partial charge in [-0.3, -0.25) is 4.79 Å². The van der Waals surface area contributed by atoms with E-state index in [0.29, 0.717) is 12.1 Å². The van der Waals surface area contributed by atoms with Gasteiger partial charge in [-0.15, -0.1) is 0 Å². The predicted octanol–water partition coefficient (Wildman–Crippen LogP) is 3.34. The quantitative estimate of drug-likeness (QED) is 0.740. The predicted molar refractivity (Wildman–Crippen MR) is 83.2 cm³/mol. The Morgan fingerprint density at radius 2 is 1.65 bits per heavy atom. The monoisotopic (exact) mass is 391 g/mol. The standard InChI is InChI=1S/C16H13F4NO4S/c17-13-4-2-1-3-12(13)14(9-15(22)23)21-26(24,25)11-7-5-10(6-8-11)16(18,19)20/h1-8,14,21H,9H2,(H,22,23). The molecule has 0 saturated carbocycles. The summed E-state index contributed by atoms with van der Waals surface area (Å²) in [4.78, 5) is 10.5. The van der Waals surface area contributed by atoms with Crippen LogP contribution in [-0.2, 0) is 21.0 Å². The van der Waals surface area contributed by atoms with Crippen molar-refractivity contribution in [3.8, 4) is 0 Å². The third kappa shape index (κ3) is 4.79. The van der Waals surface area contributed by atoms with E-state index in [2.05, 4.69) is 0 Å². The largest absolute Gasteiger partial charge is 0.481 e. The maximum absolute atomic E-state index is 13.9. The van der Waals surface area contributed by atoms with Crippen LogP contribution in [0.4, 0.5) is 17.6 Å². The normalized spacial score (nSPS) is 13.4. The first kappa shape index (κ1) is 19.9. The summed E-state index contributed by atoms with van der Waals surface area (Å²) >= 11 is 0. The van der Waals surface area contributed by atoms with Gasteiger partial charge in [0.05, 0.1) is 22.9 Å². The van der Waals surface area contributed by atoms with Crippen LogP contribution in [0, 0.1) is 5.82 Å². The lowest BCUT2D eigenvalue weighted by Gasteiger charge is -2.18. The Labute approximate surface area is 146 Å². The first-order valence-corrected chi connectivity index (χ1v) is 8.65. The van der Waals surface area contributed by atoms with Crippen molar-refractivity contribution >= 4 is 16.0 Å². The molecule has 10 heteroatoms. The minimum atomic E-state index is -4.63. The second-order valence-corrected chi connectivity index (χ2v) is 7.03. The van der Waals surface area contributed by atoms with Crippen LogP contribution in [-0.4, -0.2) is 19.5 Å². The van der Waals surface area contributed by atoms with Crippen molar-refractivity contribution in [1.82, 2.24) is 4.72 Å². The highest BCUT2D eigenvalue weighted by Crippen LogP contribution is 2.30. The van der Waals surface area contributed by atoms with E-state index in [-0.39, 0.29) is 5.56 Å². The van der Waals surface area contributed by atoms with Crippen LogP contribution in [0.3, 0.4) is 0 Å². The van der Waals surface area contributed by atoms with Gasteiger partial charge in [0.2, 0.25) is 10.0 Å². The minimum absolute atomic E-state index is 0.189. The van der Waals surface area contributed by atoms with Crippen LogP contribution in [0.5, 0.6) is 0 Å². The summed E-state index contributed by atoms with van der Waals surface area (Å²) < 4.78 is 78.3. The summed E-state index contributed by atoms with van der Waals surface area (Å²) in [5.41, 5.74) is -1.22. The van der Waals surface area contributed by atoms with Crippen molar-refractivity contribution in [3.05, 3.63) is 65.5 Å². The van der Waals surface area contributed by atoms with E-state index in [0.717, 1.165) is 18.2 Å². The molecule has 2 aromatic carbocycles. The molecule has 2 aromatic rings. The lowest BCUT2D eigenvalue weighted by Crippen LogP contribution is -2.31. The van der Waals surface area contributed by atoms with Crippen molar-refractivity contribution < 1.29 is 35.9 Å². The molecule has 0 heterocycles. The number of benzene rings is 2. The van der Waals surface area contributed by atoms with Crippen LogP contribution >= 0.6 is 0 Å². The summed E-state index contributed by atoms with van der Waals surface area (Å²) in [7, 11) is -4.38. The molecular formula is C16H13F4NO4S. The molecule has 0 aliphatic heterocycles. The van der Waals surface area contributed by atoms with Gasteiger partial charge in [0.15, 0.2) is 0 Å². The zero-order valence-electron chi connectivity index (χ0n) is 13.0. The van der Waals surface area contributed by atoms with E-state index in [9.17, 15) is 30.8 Å². The smallest absolute Gasteiger partial charge is 0.416 e. The van der Waals surface area contributed by atoms with Crippen molar-refractivity contribution in [2.24, 2.45) is 0 Å². The van der Waals surface area contributed by atoms with Crippen LogP contribution in [0.25, 0.3) is 0 Å². The first-order chi connectivity index (χ1) is 12.0. The second kappa shape index (κ2) is 7.42. The SMILES string of the molecule is O=C(O)CC(NS(=O)(=O)c1ccc(C(F)(F)F)cc1)c1ccccc1F. The zero-order chi connectivity index (χ0) is 19.5. The Morgan fingerprint density at radius 1 is 1.08 bits per heavy atom. The second-order valence-electron chi connectivity index (χ2n) is 5.32. The third-order valence-electron chi connectivity index (χ3n) is 3.45. The maximum Gasteiger partial charge on any atom is 0.416 e. The van der Waals surface area contributed by atoms with Crippen molar-refractivity contribution in [1.29, 1.82) is 0 Å². The Bertz CT molecular complexity index is 895. The molecule has 0 aliphatic rings. The molecular weight excluding hydrogens is 378 g/mol. The van der Waals surface area contributed by atoms with E-state index < -0.39 is 50.9 Å². The number of hydrogen-bond donors (Lipinski definition) is 2. The lowest BCUT2D eigenvalue weighted by molar-refractivity contribution is -0.138. The zero-order valence-corrected chi connectivity index (χ0v) is 13.8. The van der Waals surface area contributed by atoms with E-state index >= 15 is 0 Å². The lowest BCUT2D eigenvalue weighted by atomic mass is 10.0. The third-order valence-corrected chi connectivity index (χ3v) is 4.94. The number of carboxylic acid groups (broad SMARTS) is 1. The van der Waals surface area contributed by atoms with Gasteiger partial charge in [-0.05, 0) is 30.3 Å². The number of carboxylic acids is 1. The molecule has 0 fully saturated rings. The van der Waals surface area contributed by atoms with Gasteiger partial charge in [0, 0.05) is 5.56 Å². The van der Waals surface area contributed by atoms with Crippen LogP contribution in [0.15, 0.2) is 53.4 Å². The summed E-state index contributed by atoms with van der Waals surface area (Å²) in [6, 6.07) is 6.23. The molecule has 0 saturated heterocycles. The van der Waals surface area contributed by atoms with E-state index in [1.165, 1.54) is 18.2 Å². The fourth-order valence-corrected chi connectivity index (χ4v) is 3.44. The summed E-state index contributed by atoms with van der Waals surface area (Å²) in [5.74, 6) is -2.19. The highest BCUT2D eigenvalue weighted by molar-refractivity contribution is 7.89. The summed E-state index contributed by atoms with van der Waals surface area (Å²) in [6.45, 7) is 0. The minimum Gasteiger partial charge on any atom is -0.481 e. The van der Waals surface area contributed by atoms with Gasteiger partial charge in [0.25, 0.3) is 0 Å². The van der Waals surface area contributed by atoms with Crippen molar-refractivity contribution in [2.75, 3.05) is 0 Å². The molecule has 26 heavy (non-hydrogen) atoms. The molecule has 0 radical (unpaired) electrons. The van der Waals surface area contributed by atoms with E-state index in [4.69, 9.17) is 5.11 Å². The van der Waals surface area contributed by atoms with E-state index in [1.54, 1.807) is 0 Å². The van der Waals surface area contributed by atoms with E-state index in [1.807, 2.05) is 4.72 Å². The number of nitrogens with one attached hydrogen (secondary N) is 1. The average molecular weight is 391 g/mol. The average Bonchev–Trinajstić information content (AvgIpc) is 2.53. The van der Waals surface area contributed by atoms with Crippen LogP contribution < -0.4 is 4.72 Å². The molecule has 0 bridgehead atoms. The molecule has 2 rings (SSSR count). The van der Waals surface area contributed by atoms with Gasteiger partial charge in [-0.1, -0.05) is 18.2 Å². The number of alkyl halides is 3. The number of hydrogen-bond acceptors (Lipinski definition) is 3. The highest BCUT2D eigenvalue weighted by Gasteiger charge is 2.31. The molecule has 0 spiro atoms. The first-order valence-electron chi connectivity index (χ1n) is 7.16. The molecule has 0 amide bonds. The molecule has 5 nitrogen and oxygen atoms in total. The van der Waals surface area contributed by atoms with Gasteiger partial charge >= 0.3 is 12.1 Å². The Kier molecular flexibility index (Phi) is 5.67. The maximum atomic E-state index is 13.9. The Morgan fingerprint density at radius 3 is 2.15 bits per heavy atom. The fraction of sp³-hybridized carbons (Fsp3) is 0.188. The molecule has 1 unspecified atom stereocenters. The molecule has 0 aromatic heterocycles. The molecule has 140 valence electrons. The number of carbonyl (C=O) groups is 1. The van der Waals surface area contributed by atoms with Crippen molar-refractivity contribution in [2.45, 2.75) is 23.5 Å². The highest BCUT2D eigenvalue weighted by atomic mass is 32.2. The number of rotatable bonds is 6. The molecule has 2 N–H and O–H groups in total. The number of sulfonamides is 1. The Balaban J connectivity index is 2.34. The van der Waals surface area contributed by atoms with Crippen molar-refractivity contribution in [3.63, 3.8) is 0 Å². The molecule has 0 aliphatic carbocycles. The fourth-order valence-electron chi connectivity index (χ4n) is 2.23. The van der Waals surface area contributed by atoms with Gasteiger partial charge in [0.1, 0.15) is 5.82 Å². The van der Waals surface area contributed by atoms with Gasteiger partial charge in [-0.25, -0.2) is 17.5 Å². The van der Waals surface area contributed by atoms with Gasteiger partial charge in [-0.2, -0.15) is 13.2 Å². The van der Waals surface area contributed by atoms with Crippen LogP contribution in [0.2, 0.25) is 0 Å².